The molecule has 0 amide bonds. The minimum Gasteiger partial charge on any atom is -0.481 e. The van der Waals surface area contributed by atoms with Crippen molar-refractivity contribution in [1.29, 1.82) is 0 Å². The Balaban J connectivity index is 2.29. The summed E-state index contributed by atoms with van der Waals surface area (Å²) < 4.78 is 17.4. The van der Waals surface area contributed by atoms with E-state index in [1.165, 1.54) is 11.7 Å². The van der Waals surface area contributed by atoms with Crippen molar-refractivity contribution in [2.24, 2.45) is 0 Å². The second-order valence-corrected chi connectivity index (χ2v) is 5.86. The molecule has 0 N–H and O–H groups in total. The van der Waals surface area contributed by atoms with Gasteiger partial charge in [0.1, 0.15) is 11.4 Å². The molecule has 6 heteroatoms. The predicted molar refractivity (Wildman–Crippen MR) is 73.2 cm³/mol. The summed E-state index contributed by atoms with van der Waals surface area (Å²) in [4.78, 5) is 16.7. The summed E-state index contributed by atoms with van der Waals surface area (Å²) in [5.74, 6) is 1.29. The lowest BCUT2D eigenvalue weighted by atomic mass is 9.99. The summed E-state index contributed by atoms with van der Waals surface area (Å²) in [6, 6.07) is 0. The first-order chi connectivity index (χ1) is 9.42. The van der Waals surface area contributed by atoms with Crippen LogP contribution in [0.4, 0.5) is 4.79 Å². The average molecular weight is 282 g/mol. The summed E-state index contributed by atoms with van der Waals surface area (Å²) >= 11 is 0. The van der Waals surface area contributed by atoms with Crippen molar-refractivity contribution in [3.05, 3.63) is 12.0 Å². The van der Waals surface area contributed by atoms with Gasteiger partial charge in [-0.3, -0.25) is 0 Å². The second kappa shape index (κ2) is 5.83. The van der Waals surface area contributed by atoms with Crippen molar-refractivity contribution >= 4 is 6.09 Å². The summed E-state index contributed by atoms with van der Waals surface area (Å²) in [6.45, 7) is 6.88. The largest absolute Gasteiger partial charge is 0.481 e. The van der Waals surface area contributed by atoms with E-state index < -0.39 is 11.7 Å². The second-order valence-electron chi connectivity index (χ2n) is 5.86. The van der Waals surface area contributed by atoms with Crippen molar-refractivity contribution in [2.45, 2.75) is 45.1 Å². The lowest BCUT2D eigenvalue weighted by Crippen LogP contribution is -2.29. The lowest BCUT2D eigenvalue weighted by Gasteiger charge is -2.24. The lowest BCUT2D eigenvalue weighted by molar-refractivity contribution is 0.0499. The van der Waals surface area contributed by atoms with Gasteiger partial charge in [0.25, 0.3) is 0 Å². The summed E-state index contributed by atoms with van der Waals surface area (Å²) in [7, 11) is 1.52. The van der Waals surface area contributed by atoms with E-state index in [2.05, 4.69) is 4.98 Å². The number of carbonyl (C=O) groups excluding carboxylic acids is 1. The zero-order chi connectivity index (χ0) is 14.8. The number of aromatic nitrogens is 2. The van der Waals surface area contributed by atoms with Crippen molar-refractivity contribution in [1.82, 2.24) is 9.55 Å². The van der Waals surface area contributed by atoms with Crippen molar-refractivity contribution in [3.63, 3.8) is 0 Å². The molecule has 1 fully saturated rings. The van der Waals surface area contributed by atoms with Crippen molar-refractivity contribution in [2.75, 3.05) is 20.3 Å². The Labute approximate surface area is 119 Å². The Kier molecular flexibility index (Phi) is 4.32. The maximum Gasteiger partial charge on any atom is 0.422 e. The SMILES string of the molecule is COc1cnc(C2CCOCC2)n1C(=O)OC(C)(C)C. The number of nitrogens with zero attached hydrogens (tertiary/aromatic N) is 2. The Hall–Kier alpha value is -1.56. The summed E-state index contributed by atoms with van der Waals surface area (Å²) in [6.07, 6.45) is 2.81. The zero-order valence-corrected chi connectivity index (χ0v) is 12.5. The molecule has 0 spiro atoms. The number of rotatable bonds is 2. The van der Waals surface area contributed by atoms with Gasteiger partial charge in [0, 0.05) is 19.1 Å². The Morgan fingerprint density at radius 2 is 2.05 bits per heavy atom. The van der Waals surface area contributed by atoms with Crippen LogP contribution in [0.2, 0.25) is 0 Å². The van der Waals surface area contributed by atoms with E-state index >= 15 is 0 Å². The monoisotopic (exact) mass is 282 g/mol. The van der Waals surface area contributed by atoms with Crippen LogP contribution in [0.25, 0.3) is 0 Å². The maximum absolute atomic E-state index is 12.4. The Bertz CT molecular complexity index is 470. The molecular weight excluding hydrogens is 260 g/mol. The van der Waals surface area contributed by atoms with Gasteiger partial charge in [-0.15, -0.1) is 0 Å². The van der Waals surface area contributed by atoms with Crippen molar-refractivity contribution in [3.8, 4) is 5.88 Å². The number of imidazole rings is 1. The van der Waals surface area contributed by atoms with Gasteiger partial charge in [0.2, 0.25) is 5.88 Å². The molecular formula is C14H22N2O4. The molecule has 0 aromatic carbocycles. The summed E-state index contributed by atoms with van der Waals surface area (Å²) in [5, 5.41) is 0. The molecule has 0 atom stereocenters. The number of carbonyl (C=O) groups is 1. The van der Waals surface area contributed by atoms with E-state index in [0.29, 0.717) is 24.9 Å². The fourth-order valence-corrected chi connectivity index (χ4v) is 2.23. The van der Waals surface area contributed by atoms with Crippen LogP contribution in [0.15, 0.2) is 6.20 Å². The Morgan fingerprint density at radius 3 is 2.60 bits per heavy atom. The minimum atomic E-state index is -0.556. The molecule has 0 unspecified atom stereocenters. The first kappa shape index (κ1) is 14.8. The third-order valence-corrected chi connectivity index (χ3v) is 3.13. The third-order valence-electron chi connectivity index (χ3n) is 3.13. The summed E-state index contributed by atoms with van der Waals surface area (Å²) in [5.41, 5.74) is -0.556. The van der Waals surface area contributed by atoms with Gasteiger partial charge in [-0.2, -0.15) is 0 Å². The van der Waals surface area contributed by atoms with Crippen LogP contribution in [0.5, 0.6) is 5.88 Å². The fourth-order valence-electron chi connectivity index (χ4n) is 2.23. The van der Waals surface area contributed by atoms with E-state index in [4.69, 9.17) is 14.2 Å². The molecule has 112 valence electrons. The van der Waals surface area contributed by atoms with Crippen LogP contribution >= 0.6 is 0 Å². The topological polar surface area (TPSA) is 62.6 Å². The van der Waals surface area contributed by atoms with Gasteiger partial charge < -0.3 is 14.2 Å². The molecule has 1 saturated heterocycles. The molecule has 0 saturated carbocycles. The first-order valence-corrected chi connectivity index (χ1v) is 6.85. The van der Waals surface area contributed by atoms with Crippen LogP contribution in [0, 0.1) is 0 Å². The highest BCUT2D eigenvalue weighted by atomic mass is 16.6. The number of methoxy groups -OCH3 is 1. The van der Waals surface area contributed by atoms with Gasteiger partial charge in [0.15, 0.2) is 0 Å². The van der Waals surface area contributed by atoms with E-state index in [-0.39, 0.29) is 5.92 Å². The molecule has 20 heavy (non-hydrogen) atoms. The first-order valence-electron chi connectivity index (χ1n) is 6.85. The van der Waals surface area contributed by atoms with Gasteiger partial charge in [0.05, 0.1) is 13.3 Å². The molecule has 0 radical (unpaired) electrons. The number of hydrogen-bond donors (Lipinski definition) is 0. The third kappa shape index (κ3) is 3.30. The van der Waals surface area contributed by atoms with Crippen molar-refractivity contribution < 1.29 is 19.0 Å². The van der Waals surface area contributed by atoms with Crippen LogP contribution in [-0.2, 0) is 9.47 Å². The standard InChI is InChI=1S/C14H22N2O4/c1-14(2,3)20-13(17)16-11(18-4)9-15-12(16)10-5-7-19-8-6-10/h9-10H,5-8H2,1-4H3. The maximum atomic E-state index is 12.4. The average Bonchev–Trinajstić information content (AvgIpc) is 2.81. The van der Waals surface area contributed by atoms with Crippen LogP contribution in [0.1, 0.15) is 45.4 Å². The van der Waals surface area contributed by atoms with Gasteiger partial charge in [-0.05, 0) is 33.6 Å². The van der Waals surface area contributed by atoms with Crippen LogP contribution in [0.3, 0.4) is 0 Å². The molecule has 2 rings (SSSR count). The molecule has 1 aromatic rings. The highest BCUT2D eigenvalue weighted by Gasteiger charge is 2.28. The van der Waals surface area contributed by atoms with Gasteiger partial charge >= 0.3 is 6.09 Å². The quantitative estimate of drug-likeness (QED) is 0.834. The van der Waals surface area contributed by atoms with Gasteiger partial charge in [-0.1, -0.05) is 0 Å². The van der Waals surface area contributed by atoms with E-state index in [0.717, 1.165) is 12.8 Å². The highest BCUT2D eigenvalue weighted by molar-refractivity contribution is 5.73. The van der Waals surface area contributed by atoms with Crippen LogP contribution in [-0.4, -0.2) is 41.6 Å². The normalized spacial score (nSPS) is 17.0. The molecule has 6 nitrogen and oxygen atoms in total. The predicted octanol–water partition coefficient (Wildman–Crippen LogP) is 2.57. The highest BCUT2D eigenvalue weighted by Crippen LogP contribution is 2.29. The van der Waals surface area contributed by atoms with E-state index in [1.807, 2.05) is 20.8 Å². The zero-order valence-electron chi connectivity index (χ0n) is 12.5. The van der Waals surface area contributed by atoms with E-state index in [1.54, 1.807) is 6.20 Å². The van der Waals surface area contributed by atoms with Crippen LogP contribution < -0.4 is 4.74 Å². The fraction of sp³-hybridized carbons (Fsp3) is 0.714. The molecule has 2 heterocycles. The molecule has 1 aromatic heterocycles. The van der Waals surface area contributed by atoms with E-state index in [9.17, 15) is 4.79 Å². The number of ether oxygens (including phenoxy) is 3. The Morgan fingerprint density at radius 1 is 1.40 bits per heavy atom. The molecule has 1 aliphatic rings. The smallest absolute Gasteiger partial charge is 0.422 e. The number of hydrogen-bond acceptors (Lipinski definition) is 5. The molecule has 0 bridgehead atoms. The molecule has 0 aliphatic carbocycles. The minimum absolute atomic E-state index is 0.195. The van der Waals surface area contributed by atoms with Gasteiger partial charge in [-0.25, -0.2) is 14.3 Å². The molecule has 1 aliphatic heterocycles.